The van der Waals surface area contributed by atoms with Crippen molar-refractivity contribution >= 4 is 0 Å². The second-order valence-electron chi connectivity index (χ2n) is 2.56. The summed E-state index contributed by atoms with van der Waals surface area (Å²) < 4.78 is 10.2. The Morgan fingerprint density at radius 2 is 2.60 bits per heavy atom. The van der Waals surface area contributed by atoms with Gasteiger partial charge >= 0.3 is 0 Å². The molecule has 0 aliphatic carbocycles. The molecule has 1 fully saturated rings. The van der Waals surface area contributed by atoms with E-state index in [9.17, 15) is 0 Å². The monoisotopic (exact) mass is 140 g/mol. The standard InChI is InChI=1S/C7H10NO2/c1-2-6(8-3-1)7-9-4-5-10-7/h4,6-8H,1-3H2/t6?,7-/m1/s1. The van der Waals surface area contributed by atoms with Crippen molar-refractivity contribution in [2.45, 2.75) is 25.2 Å². The second-order valence-corrected chi connectivity index (χ2v) is 2.56. The smallest absolute Gasteiger partial charge is 0.255 e. The lowest BCUT2D eigenvalue weighted by Gasteiger charge is -2.16. The van der Waals surface area contributed by atoms with E-state index in [1.807, 2.05) is 0 Å². The first-order chi connectivity index (χ1) is 4.97. The summed E-state index contributed by atoms with van der Waals surface area (Å²) in [6, 6.07) is 0.367. The van der Waals surface area contributed by atoms with Crippen molar-refractivity contribution in [1.82, 2.24) is 5.32 Å². The molecule has 1 N–H and O–H groups in total. The molecule has 0 aromatic carbocycles. The van der Waals surface area contributed by atoms with Crippen LogP contribution in [0.5, 0.6) is 0 Å². The lowest BCUT2D eigenvalue weighted by atomic mass is 10.2. The molecule has 10 heavy (non-hydrogen) atoms. The zero-order chi connectivity index (χ0) is 6.81. The van der Waals surface area contributed by atoms with E-state index >= 15 is 0 Å². The molecular formula is C7H10NO2. The first-order valence-electron chi connectivity index (χ1n) is 3.58. The van der Waals surface area contributed by atoms with Gasteiger partial charge in [-0.3, -0.25) is 0 Å². The summed E-state index contributed by atoms with van der Waals surface area (Å²) in [7, 11) is 0. The van der Waals surface area contributed by atoms with Gasteiger partial charge in [0.15, 0.2) is 0 Å². The van der Waals surface area contributed by atoms with Crippen LogP contribution in [0, 0.1) is 6.26 Å². The molecule has 0 saturated carbocycles. The third kappa shape index (κ3) is 0.968. The van der Waals surface area contributed by atoms with Gasteiger partial charge in [0.1, 0.15) is 6.26 Å². The van der Waals surface area contributed by atoms with Crippen LogP contribution in [0.4, 0.5) is 0 Å². The van der Waals surface area contributed by atoms with Gasteiger partial charge in [-0.25, -0.2) is 0 Å². The average molecular weight is 140 g/mol. The molecule has 2 rings (SSSR count). The molecule has 0 bridgehead atoms. The van der Waals surface area contributed by atoms with Gasteiger partial charge in [0.2, 0.25) is 6.26 Å². The van der Waals surface area contributed by atoms with Crippen LogP contribution in [0.3, 0.4) is 0 Å². The van der Waals surface area contributed by atoms with E-state index < -0.39 is 0 Å². The molecule has 1 radical (unpaired) electrons. The predicted octanol–water partition coefficient (Wildman–Crippen LogP) is 0.386. The van der Waals surface area contributed by atoms with Crippen LogP contribution in [-0.4, -0.2) is 18.9 Å². The maximum absolute atomic E-state index is 5.12. The van der Waals surface area contributed by atoms with Crippen LogP contribution in [0.15, 0.2) is 6.26 Å². The number of ether oxygens (including phenoxy) is 2. The summed E-state index contributed by atoms with van der Waals surface area (Å²) in [5, 5.41) is 3.29. The van der Waals surface area contributed by atoms with E-state index in [2.05, 4.69) is 11.6 Å². The van der Waals surface area contributed by atoms with Crippen LogP contribution in [0.25, 0.3) is 0 Å². The first-order valence-corrected chi connectivity index (χ1v) is 3.58. The van der Waals surface area contributed by atoms with E-state index in [0.717, 1.165) is 13.0 Å². The van der Waals surface area contributed by atoms with Crippen LogP contribution < -0.4 is 5.32 Å². The number of hydrogen-bond acceptors (Lipinski definition) is 3. The minimum Gasteiger partial charge on any atom is -0.457 e. The zero-order valence-corrected chi connectivity index (χ0v) is 5.67. The highest BCUT2D eigenvalue weighted by molar-refractivity contribution is 4.81. The van der Waals surface area contributed by atoms with Gasteiger partial charge in [0.05, 0.1) is 6.04 Å². The molecule has 2 aliphatic rings. The second kappa shape index (κ2) is 2.50. The molecule has 0 spiro atoms. The van der Waals surface area contributed by atoms with Crippen molar-refractivity contribution in [1.29, 1.82) is 0 Å². The fraction of sp³-hybridized carbons (Fsp3) is 0.714. The number of rotatable bonds is 1. The topological polar surface area (TPSA) is 30.5 Å². The predicted molar refractivity (Wildman–Crippen MR) is 34.8 cm³/mol. The van der Waals surface area contributed by atoms with Gasteiger partial charge in [0, 0.05) is 0 Å². The zero-order valence-electron chi connectivity index (χ0n) is 5.67. The maximum atomic E-state index is 5.12. The SMILES string of the molecule is [C]1=CO[C@@H](C2CCCN2)O1. The molecule has 3 nitrogen and oxygen atoms in total. The summed E-state index contributed by atoms with van der Waals surface area (Å²) in [5.41, 5.74) is 0. The normalized spacial score (nSPS) is 32.2. The van der Waals surface area contributed by atoms with Crippen molar-refractivity contribution in [2.24, 2.45) is 0 Å². The van der Waals surface area contributed by atoms with Crippen LogP contribution in [0.1, 0.15) is 12.8 Å². The third-order valence-electron chi connectivity index (χ3n) is 1.86. The van der Waals surface area contributed by atoms with Gasteiger partial charge in [-0.05, 0) is 19.4 Å². The van der Waals surface area contributed by atoms with Crippen LogP contribution in [0.2, 0.25) is 0 Å². The molecule has 0 aromatic rings. The van der Waals surface area contributed by atoms with Crippen LogP contribution >= 0.6 is 0 Å². The quantitative estimate of drug-likeness (QED) is 0.571. The van der Waals surface area contributed by atoms with Crippen molar-refractivity contribution in [2.75, 3.05) is 6.54 Å². The molecule has 2 atom stereocenters. The Morgan fingerprint density at radius 3 is 3.20 bits per heavy atom. The van der Waals surface area contributed by atoms with Crippen molar-refractivity contribution < 1.29 is 9.47 Å². The molecule has 0 aromatic heterocycles. The fourth-order valence-electron chi connectivity index (χ4n) is 1.34. The Balaban J connectivity index is 1.87. The summed E-state index contributed by atoms with van der Waals surface area (Å²) in [4.78, 5) is 0. The minimum atomic E-state index is -0.123. The summed E-state index contributed by atoms with van der Waals surface area (Å²) in [6.45, 7) is 1.08. The van der Waals surface area contributed by atoms with E-state index in [-0.39, 0.29) is 6.29 Å². The molecule has 1 unspecified atom stereocenters. The fourth-order valence-corrected chi connectivity index (χ4v) is 1.34. The summed E-state index contributed by atoms with van der Waals surface area (Å²) in [6.07, 6.45) is 6.27. The Kier molecular flexibility index (Phi) is 1.51. The van der Waals surface area contributed by atoms with E-state index in [0.29, 0.717) is 6.04 Å². The minimum absolute atomic E-state index is 0.123. The molecule has 2 heterocycles. The maximum Gasteiger partial charge on any atom is 0.255 e. The molecule has 3 heteroatoms. The summed E-state index contributed by atoms with van der Waals surface area (Å²) in [5.74, 6) is 0. The van der Waals surface area contributed by atoms with Gasteiger partial charge < -0.3 is 14.8 Å². The van der Waals surface area contributed by atoms with E-state index in [4.69, 9.17) is 9.47 Å². The highest BCUT2D eigenvalue weighted by Gasteiger charge is 2.28. The van der Waals surface area contributed by atoms with Gasteiger partial charge in [0.25, 0.3) is 6.29 Å². The van der Waals surface area contributed by atoms with E-state index in [1.54, 1.807) is 0 Å². The number of hydrogen-bond donors (Lipinski definition) is 1. The molecule has 2 aliphatic heterocycles. The van der Waals surface area contributed by atoms with Crippen molar-refractivity contribution in [3.8, 4) is 0 Å². The van der Waals surface area contributed by atoms with E-state index in [1.165, 1.54) is 12.7 Å². The summed E-state index contributed by atoms with van der Waals surface area (Å²) >= 11 is 0. The van der Waals surface area contributed by atoms with Crippen molar-refractivity contribution in [3.05, 3.63) is 12.5 Å². The van der Waals surface area contributed by atoms with Gasteiger partial charge in [-0.1, -0.05) is 0 Å². The Labute approximate surface area is 60.0 Å². The number of nitrogens with one attached hydrogen (secondary N) is 1. The third-order valence-corrected chi connectivity index (χ3v) is 1.86. The highest BCUT2D eigenvalue weighted by Crippen LogP contribution is 2.16. The Bertz CT molecular complexity index is 133. The van der Waals surface area contributed by atoms with Gasteiger partial charge in [-0.15, -0.1) is 0 Å². The molecular weight excluding hydrogens is 130 g/mol. The average Bonchev–Trinajstić information content (AvgIpc) is 2.59. The van der Waals surface area contributed by atoms with Gasteiger partial charge in [-0.2, -0.15) is 0 Å². The first kappa shape index (κ1) is 6.04. The van der Waals surface area contributed by atoms with Crippen LogP contribution in [-0.2, 0) is 9.47 Å². The lowest BCUT2D eigenvalue weighted by molar-refractivity contribution is -0.0505. The van der Waals surface area contributed by atoms with Crippen molar-refractivity contribution in [3.63, 3.8) is 0 Å². The Hall–Kier alpha value is -0.700. The lowest BCUT2D eigenvalue weighted by Crippen LogP contribution is -2.35. The molecule has 1 saturated heterocycles. The molecule has 55 valence electrons. The molecule has 0 amide bonds. The largest absolute Gasteiger partial charge is 0.457 e. The Morgan fingerprint density at radius 1 is 1.60 bits per heavy atom. The highest BCUT2D eigenvalue weighted by atomic mass is 16.7.